The van der Waals surface area contributed by atoms with E-state index in [9.17, 15) is 10.1 Å². The monoisotopic (exact) mass is 236 g/mol. The molecule has 1 aliphatic heterocycles. The Balaban J connectivity index is 2.44. The van der Waals surface area contributed by atoms with Gasteiger partial charge >= 0.3 is 5.69 Å². The molecule has 0 aromatic carbocycles. The zero-order valence-electron chi connectivity index (χ0n) is 9.80. The molecule has 1 aromatic rings. The van der Waals surface area contributed by atoms with Gasteiger partial charge in [0.1, 0.15) is 0 Å². The summed E-state index contributed by atoms with van der Waals surface area (Å²) in [6, 6.07) is 1.83. The number of hydrogen-bond donors (Lipinski definition) is 1. The molecule has 2 N–H and O–H groups in total. The van der Waals surface area contributed by atoms with Gasteiger partial charge in [0.2, 0.25) is 5.82 Å². The summed E-state index contributed by atoms with van der Waals surface area (Å²) in [4.78, 5) is 16.9. The van der Waals surface area contributed by atoms with E-state index in [0.29, 0.717) is 17.9 Å². The molecule has 6 heteroatoms. The summed E-state index contributed by atoms with van der Waals surface area (Å²) in [5.74, 6) is 0.461. The molecule has 17 heavy (non-hydrogen) atoms. The summed E-state index contributed by atoms with van der Waals surface area (Å²) in [5.41, 5.74) is 6.43. The molecule has 1 saturated heterocycles. The van der Waals surface area contributed by atoms with Crippen molar-refractivity contribution in [2.75, 3.05) is 18.0 Å². The number of pyridine rings is 1. The van der Waals surface area contributed by atoms with E-state index in [-0.39, 0.29) is 16.7 Å². The predicted molar refractivity (Wildman–Crippen MR) is 65.1 cm³/mol. The summed E-state index contributed by atoms with van der Waals surface area (Å²) in [6.07, 6.45) is 3.60. The van der Waals surface area contributed by atoms with Crippen molar-refractivity contribution in [2.45, 2.75) is 25.8 Å². The molecule has 0 radical (unpaired) electrons. The summed E-state index contributed by atoms with van der Waals surface area (Å²) in [7, 11) is 0. The van der Waals surface area contributed by atoms with Crippen molar-refractivity contribution in [2.24, 2.45) is 5.73 Å². The third-order valence-corrected chi connectivity index (χ3v) is 3.21. The smallest absolute Gasteiger partial charge is 0.314 e. The molecular weight excluding hydrogens is 220 g/mol. The highest BCUT2D eigenvalue weighted by atomic mass is 16.6. The Morgan fingerprint density at radius 1 is 1.71 bits per heavy atom. The average Bonchev–Trinajstić information content (AvgIpc) is 2.75. The van der Waals surface area contributed by atoms with Gasteiger partial charge in [-0.25, -0.2) is 4.98 Å². The van der Waals surface area contributed by atoms with Crippen LogP contribution in [0.25, 0.3) is 0 Å². The summed E-state index contributed by atoms with van der Waals surface area (Å²) < 4.78 is 0. The Morgan fingerprint density at radius 3 is 3.12 bits per heavy atom. The fourth-order valence-electron chi connectivity index (χ4n) is 2.33. The summed E-state index contributed by atoms with van der Waals surface area (Å²) in [5, 5.41) is 11.1. The van der Waals surface area contributed by atoms with Crippen LogP contribution in [-0.2, 0) is 0 Å². The van der Waals surface area contributed by atoms with Gasteiger partial charge in [0.25, 0.3) is 0 Å². The minimum absolute atomic E-state index is 0.104. The highest BCUT2D eigenvalue weighted by Crippen LogP contribution is 2.33. The molecule has 92 valence electrons. The van der Waals surface area contributed by atoms with E-state index >= 15 is 0 Å². The zero-order chi connectivity index (χ0) is 12.4. The molecule has 1 aromatic heterocycles. The van der Waals surface area contributed by atoms with Crippen molar-refractivity contribution in [1.29, 1.82) is 0 Å². The van der Waals surface area contributed by atoms with E-state index < -0.39 is 0 Å². The van der Waals surface area contributed by atoms with Crippen LogP contribution >= 0.6 is 0 Å². The van der Waals surface area contributed by atoms with Gasteiger partial charge in [-0.15, -0.1) is 0 Å². The first-order valence-corrected chi connectivity index (χ1v) is 5.72. The van der Waals surface area contributed by atoms with Crippen LogP contribution in [0, 0.1) is 17.0 Å². The van der Waals surface area contributed by atoms with Gasteiger partial charge in [0.15, 0.2) is 0 Å². The van der Waals surface area contributed by atoms with E-state index in [1.54, 1.807) is 19.2 Å². The van der Waals surface area contributed by atoms with Gasteiger partial charge in [-0.2, -0.15) is 0 Å². The van der Waals surface area contributed by atoms with Crippen molar-refractivity contribution >= 4 is 11.5 Å². The Bertz CT molecular complexity index is 435. The normalized spacial score (nSPS) is 19.6. The molecule has 1 atom stereocenters. The van der Waals surface area contributed by atoms with E-state index in [1.165, 1.54) is 0 Å². The fraction of sp³-hybridized carbons (Fsp3) is 0.545. The van der Waals surface area contributed by atoms with Gasteiger partial charge in [-0.3, -0.25) is 10.1 Å². The third-order valence-electron chi connectivity index (χ3n) is 3.21. The largest absolute Gasteiger partial charge is 0.347 e. The second-order valence-corrected chi connectivity index (χ2v) is 4.28. The molecule has 0 amide bonds. The van der Waals surface area contributed by atoms with Gasteiger partial charge < -0.3 is 10.6 Å². The lowest BCUT2D eigenvalue weighted by Gasteiger charge is -2.24. The molecule has 6 nitrogen and oxygen atoms in total. The number of nitrogens with two attached hydrogens (primary N) is 1. The maximum Gasteiger partial charge on any atom is 0.314 e. The van der Waals surface area contributed by atoms with Gasteiger partial charge in [0, 0.05) is 30.9 Å². The van der Waals surface area contributed by atoms with Crippen LogP contribution in [0.15, 0.2) is 12.3 Å². The van der Waals surface area contributed by atoms with E-state index in [0.717, 1.165) is 19.4 Å². The predicted octanol–water partition coefficient (Wildman–Crippen LogP) is 1.23. The van der Waals surface area contributed by atoms with Crippen molar-refractivity contribution in [1.82, 2.24) is 4.98 Å². The quantitative estimate of drug-likeness (QED) is 0.630. The molecule has 2 rings (SSSR count). The van der Waals surface area contributed by atoms with Crippen molar-refractivity contribution in [3.05, 3.63) is 27.9 Å². The first-order chi connectivity index (χ1) is 8.15. The highest BCUT2D eigenvalue weighted by molar-refractivity contribution is 5.62. The van der Waals surface area contributed by atoms with Crippen LogP contribution in [0.5, 0.6) is 0 Å². The lowest BCUT2D eigenvalue weighted by molar-refractivity contribution is -0.384. The molecule has 1 aliphatic rings. The number of hydrogen-bond acceptors (Lipinski definition) is 5. The molecule has 1 unspecified atom stereocenters. The highest BCUT2D eigenvalue weighted by Gasteiger charge is 2.31. The molecule has 0 aliphatic carbocycles. The number of anilines is 1. The molecule has 2 heterocycles. The topological polar surface area (TPSA) is 85.3 Å². The van der Waals surface area contributed by atoms with Gasteiger partial charge in [-0.1, -0.05) is 0 Å². The van der Waals surface area contributed by atoms with Crippen molar-refractivity contribution < 1.29 is 4.92 Å². The lowest BCUT2D eigenvalue weighted by atomic mass is 10.2. The number of rotatable bonds is 3. The lowest BCUT2D eigenvalue weighted by Crippen LogP contribution is -2.36. The molecule has 0 spiro atoms. The van der Waals surface area contributed by atoms with Crippen LogP contribution in [0.4, 0.5) is 11.5 Å². The first-order valence-electron chi connectivity index (χ1n) is 5.72. The maximum atomic E-state index is 11.1. The van der Waals surface area contributed by atoms with E-state index in [1.807, 2.05) is 4.90 Å². The first kappa shape index (κ1) is 11.8. The SMILES string of the molecule is Cc1ccnc(N2CCCC2CN)c1[N+](=O)[O-]. The molecular formula is C11H16N4O2. The van der Waals surface area contributed by atoms with Crippen LogP contribution in [-0.4, -0.2) is 29.0 Å². The Morgan fingerprint density at radius 2 is 2.47 bits per heavy atom. The van der Waals surface area contributed by atoms with Crippen LogP contribution < -0.4 is 10.6 Å². The molecule has 0 saturated carbocycles. The third kappa shape index (κ3) is 2.08. The minimum Gasteiger partial charge on any atom is -0.347 e. The zero-order valence-corrected chi connectivity index (χ0v) is 9.80. The van der Waals surface area contributed by atoms with E-state index in [4.69, 9.17) is 5.73 Å². The number of nitrogens with zero attached hydrogens (tertiary/aromatic N) is 3. The number of aryl methyl sites for hydroxylation is 1. The average molecular weight is 236 g/mol. The summed E-state index contributed by atoms with van der Waals surface area (Å²) in [6.45, 7) is 3.03. The van der Waals surface area contributed by atoms with Gasteiger partial charge in [0.05, 0.1) is 4.92 Å². The van der Waals surface area contributed by atoms with E-state index in [2.05, 4.69) is 4.98 Å². The standard InChI is InChI=1S/C11H16N4O2/c1-8-4-5-13-11(10(8)15(16)17)14-6-2-3-9(14)7-12/h4-5,9H,2-3,6-7,12H2,1H3. The Labute approximate surface area is 99.6 Å². The fourth-order valence-corrected chi connectivity index (χ4v) is 2.33. The number of nitro groups is 1. The second-order valence-electron chi connectivity index (χ2n) is 4.28. The van der Waals surface area contributed by atoms with Crippen LogP contribution in [0.1, 0.15) is 18.4 Å². The minimum atomic E-state index is -0.358. The number of aromatic nitrogens is 1. The molecule has 0 bridgehead atoms. The van der Waals surface area contributed by atoms with Gasteiger partial charge in [-0.05, 0) is 25.8 Å². The van der Waals surface area contributed by atoms with Crippen molar-refractivity contribution in [3.63, 3.8) is 0 Å². The summed E-state index contributed by atoms with van der Waals surface area (Å²) >= 11 is 0. The Hall–Kier alpha value is -1.69. The maximum absolute atomic E-state index is 11.1. The second kappa shape index (κ2) is 4.67. The van der Waals surface area contributed by atoms with Crippen LogP contribution in [0.3, 0.4) is 0 Å². The molecule has 1 fully saturated rings. The Kier molecular flexibility index (Phi) is 3.23. The van der Waals surface area contributed by atoms with Crippen LogP contribution in [0.2, 0.25) is 0 Å². The van der Waals surface area contributed by atoms with Crippen molar-refractivity contribution in [3.8, 4) is 0 Å².